The van der Waals surface area contributed by atoms with Crippen LogP contribution in [0.15, 0.2) is 24.3 Å². The quantitative estimate of drug-likeness (QED) is 0.804. The second kappa shape index (κ2) is 8.33. The Morgan fingerprint density at radius 2 is 1.80 bits per heavy atom. The second-order valence-electron chi connectivity index (χ2n) is 5.93. The van der Waals surface area contributed by atoms with Crippen LogP contribution < -0.4 is 10.1 Å². The van der Waals surface area contributed by atoms with Crippen LogP contribution in [0.2, 0.25) is 0 Å². The first kappa shape index (κ1) is 19.2. The number of piperidine rings is 1. The topological polar surface area (TPSA) is 92.8 Å². The largest absolute Gasteiger partial charge is 0.494 e. The number of carbonyl (C=O) groups excluding carboxylic acids is 2. The maximum atomic E-state index is 12.5. The minimum atomic E-state index is -3.49. The van der Waals surface area contributed by atoms with Gasteiger partial charge in [0.25, 0.3) is 5.91 Å². The van der Waals surface area contributed by atoms with Gasteiger partial charge in [0.2, 0.25) is 5.91 Å². The molecule has 1 aromatic rings. The molecule has 1 fully saturated rings. The predicted molar refractivity (Wildman–Crippen MR) is 94.4 cm³/mol. The maximum absolute atomic E-state index is 12.5. The van der Waals surface area contributed by atoms with Crippen molar-refractivity contribution in [1.82, 2.24) is 10.2 Å². The lowest BCUT2D eigenvalue weighted by Crippen LogP contribution is -2.44. The van der Waals surface area contributed by atoms with E-state index in [2.05, 4.69) is 5.32 Å². The Morgan fingerprint density at radius 1 is 1.20 bits per heavy atom. The summed E-state index contributed by atoms with van der Waals surface area (Å²) >= 11 is 0. The Morgan fingerprint density at radius 3 is 2.32 bits per heavy atom. The average Bonchev–Trinajstić information content (AvgIpc) is 2.61. The summed E-state index contributed by atoms with van der Waals surface area (Å²) < 4.78 is 29.8. The molecule has 1 heterocycles. The third-order valence-corrected chi connectivity index (χ3v) is 6.41. The van der Waals surface area contributed by atoms with E-state index in [9.17, 15) is 18.0 Å². The molecule has 0 bridgehead atoms. The van der Waals surface area contributed by atoms with E-state index in [1.165, 1.54) is 7.05 Å². The lowest BCUT2D eigenvalue weighted by atomic mass is 10.1. The predicted octanol–water partition coefficient (Wildman–Crippen LogP) is 0.851. The molecular weight excluding hydrogens is 344 g/mol. The van der Waals surface area contributed by atoms with Gasteiger partial charge in [-0.05, 0) is 44.0 Å². The van der Waals surface area contributed by atoms with Crippen molar-refractivity contribution < 1.29 is 22.7 Å². The number of sulfone groups is 1. The van der Waals surface area contributed by atoms with E-state index in [1.807, 2.05) is 6.92 Å². The zero-order valence-electron chi connectivity index (χ0n) is 14.5. The Kier molecular flexibility index (Phi) is 6.41. The molecule has 0 spiro atoms. The van der Waals surface area contributed by atoms with Crippen molar-refractivity contribution in [3.05, 3.63) is 29.8 Å². The molecule has 1 saturated heterocycles. The molecule has 1 aliphatic rings. The first-order valence-corrected chi connectivity index (χ1v) is 10.0. The van der Waals surface area contributed by atoms with Crippen LogP contribution >= 0.6 is 0 Å². The van der Waals surface area contributed by atoms with Crippen LogP contribution in [0.1, 0.15) is 30.1 Å². The highest BCUT2D eigenvalue weighted by Crippen LogP contribution is 2.21. The van der Waals surface area contributed by atoms with E-state index < -0.39 is 26.7 Å². The van der Waals surface area contributed by atoms with E-state index in [-0.39, 0.29) is 5.91 Å². The van der Waals surface area contributed by atoms with Crippen molar-refractivity contribution in [3.63, 3.8) is 0 Å². The number of amides is 2. The molecule has 0 aliphatic carbocycles. The van der Waals surface area contributed by atoms with Crippen LogP contribution in [0.5, 0.6) is 5.75 Å². The molecular formula is C17H24N2O5S. The van der Waals surface area contributed by atoms with Gasteiger partial charge in [-0.2, -0.15) is 0 Å². The zero-order chi connectivity index (χ0) is 18.4. The summed E-state index contributed by atoms with van der Waals surface area (Å²) in [4.78, 5) is 25.5. The molecule has 0 unspecified atom stereocenters. The summed E-state index contributed by atoms with van der Waals surface area (Å²) in [6.07, 6.45) is 0.699. The smallest absolute Gasteiger partial charge is 0.253 e. The number of nitrogens with zero attached hydrogens (tertiary/aromatic N) is 1. The normalized spacial score (nSPS) is 15.7. The highest BCUT2D eigenvalue weighted by Gasteiger charge is 2.33. The zero-order valence-corrected chi connectivity index (χ0v) is 15.3. The molecule has 7 nitrogen and oxygen atoms in total. The molecule has 0 aromatic heterocycles. The molecule has 0 radical (unpaired) electrons. The number of rotatable bonds is 6. The first-order chi connectivity index (χ1) is 11.9. The minimum Gasteiger partial charge on any atom is -0.494 e. The molecule has 1 aromatic carbocycles. The van der Waals surface area contributed by atoms with Crippen LogP contribution in [-0.4, -0.2) is 62.9 Å². The van der Waals surface area contributed by atoms with Crippen LogP contribution in [0.25, 0.3) is 0 Å². The number of hydrogen-bond acceptors (Lipinski definition) is 5. The van der Waals surface area contributed by atoms with Crippen LogP contribution in [-0.2, 0) is 14.6 Å². The fourth-order valence-corrected chi connectivity index (χ4v) is 4.51. The molecule has 2 amide bonds. The van der Waals surface area contributed by atoms with Crippen molar-refractivity contribution >= 4 is 21.7 Å². The molecule has 0 saturated carbocycles. The lowest BCUT2D eigenvalue weighted by Gasteiger charge is -2.31. The Hall–Kier alpha value is -2.09. The van der Waals surface area contributed by atoms with Crippen LogP contribution in [0.4, 0.5) is 0 Å². The van der Waals surface area contributed by atoms with E-state index in [0.29, 0.717) is 43.9 Å². The molecule has 2 rings (SSSR count). The van der Waals surface area contributed by atoms with Gasteiger partial charge in [0, 0.05) is 25.7 Å². The lowest BCUT2D eigenvalue weighted by molar-refractivity contribution is -0.118. The average molecular weight is 368 g/mol. The Balaban J connectivity index is 1.95. The molecule has 138 valence electrons. The van der Waals surface area contributed by atoms with E-state index in [4.69, 9.17) is 4.74 Å². The number of ether oxygens (including phenoxy) is 1. The van der Waals surface area contributed by atoms with Gasteiger partial charge < -0.3 is 15.0 Å². The molecule has 1 N–H and O–H groups in total. The van der Waals surface area contributed by atoms with Crippen LogP contribution in [0, 0.1) is 0 Å². The van der Waals surface area contributed by atoms with E-state index >= 15 is 0 Å². The van der Waals surface area contributed by atoms with Crippen molar-refractivity contribution in [2.24, 2.45) is 0 Å². The molecule has 0 atom stereocenters. The van der Waals surface area contributed by atoms with Gasteiger partial charge in [-0.25, -0.2) is 8.42 Å². The summed E-state index contributed by atoms with van der Waals surface area (Å²) in [5.41, 5.74) is 0.551. The van der Waals surface area contributed by atoms with Crippen molar-refractivity contribution in [3.8, 4) is 5.75 Å². The summed E-state index contributed by atoms with van der Waals surface area (Å²) in [6.45, 7) is 3.18. The van der Waals surface area contributed by atoms with Crippen molar-refractivity contribution in [2.75, 3.05) is 32.5 Å². The summed E-state index contributed by atoms with van der Waals surface area (Å²) in [7, 11) is -2.07. The van der Waals surface area contributed by atoms with Gasteiger partial charge in [0.05, 0.1) is 11.9 Å². The Bertz CT molecular complexity index is 707. The van der Waals surface area contributed by atoms with Gasteiger partial charge >= 0.3 is 0 Å². The number of hydrogen-bond donors (Lipinski definition) is 1. The van der Waals surface area contributed by atoms with E-state index in [1.54, 1.807) is 29.2 Å². The maximum Gasteiger partial charge on any atom is 0.253 e. The van der Waals surface area contributed by atoms with Gasteiger partial charge in [0.15, 0.2) is 9.84 Å². The first-order valence-electron chi connectivity index (χ1n) is 8.31. The minimum absolute atomic E-state index is 0.120. The second-order valence-corrected chi connectivity index (χ2v) is 8.21. The summed E-state index contributed by atoms with van der Waals surface area (Å²) in [5.74, 6) is -0.419. The van der Waals surface area contributed by atoms with Gasteiger partial charge in [-0.1, -0.05) is 0 Å². The third-order valence-electron chi connectivity index (χ3n) is 4.26. The van der Waals surface area contributed by atoms with Gasteiger partial charge in [-0.3, -0.25) is 9.59 Å². The number of likely N-dealkylation sites (tertiary alicyclic amines) is 1. The number of nitrogens with one attached hydrogen (secondary N) is 1. The van der Waals surface area contributed by atoms with Crippen molar-refractivity contribution in [2.45, 2.75) is 25.0 Å². The Labute approximate surface area is 148 Å². The fraction of sp³-hybridized carbons (Fsp3) is 0.529. The number of carbonyl (C=O) groups is 2. The monoisotopic (exact) mass is 368 g/mol. The third kappa shape index (κ3) is 4.94. The number of benzene rings is 1. The standard InChI is InChI=1S/C17H24N2O5S/c1-3-24-14-6-4-13(5-7-14)17(21)19-10-8-15(9-11-19)25(22,23)12-16(20)18-2/h4-7,15H,3,8-12H2,1-2H3,(H,18,20). The van der Waals surface area contributed by atoms with Crippen molar-refractivity contribution in [1.29, 1.82) is 0 Å². The fourth-order valence-electron chi connectivity index (χ4n) is 2.83. The molecule has 25 heavy (non-hydrogen) atoms. The highest BCUT2D eigenvalue weighted by atomic mass is 32.2. The van der Waals surface area contributed by atoms with Crippen LogP contribution in [0.3, 0.4) is 0 Å². The molecule has 8 heteroatoms. The molecule has 1 aliphatic heterocycles. The van der Waals surface area contributed by atoms with Gasteiger partial charge in [0.1, 0.15) is 11.5 Å². The summed E-state index contributed by atoms with van der Waals surface area (Å²) in [5, 5.41) is 1.75. The highest BCUT2D eigenvalue weighted by molar-refractivity contribution is 7.92. The summed E-state index contributed by atoms with van der Waals surface area (Å²) in [6, 6.07) is 6.91. The van der Waals surface area contributed by atoms with E-state index in [0.717, 1.165) is 0 Å². The van der Waals surface area contributed by atoms with Gasteiger partial charge in [-0.15, -0.1) is 0 Å². The SMILES string of the molecule is CCOc1ccc(C(=O)N2CCC(S(=O)(=O)CC(=O)NC)CC2)cc1.